The van der Waals surface area contributed by atoms with Crippen molar-refractivity contribution in [1.29, 1.82) is 0 Å². The summed E-state index contributed by atoms with van der Waals surface area (Å²) >= 11 is 0. The zero-order valence-corrected chi connectivity index (χ0v) is 15.5. The van der Waals surface area contributed by atoms with Gasteiger partial charge in [-0.3, -0.25) is 4.99 Å². The molecule has 0 saturated carbocycles. The monoisotopic (exact) mass is 375 g/mol. The van der Waals surface area contributed by atoms with Gasteiger partial charge in [-0.25, -0.2) is 8.78 Å². The zero-order chi connectivity index (χ0) is 19.2. The first-order valence-corrected chi connectivity index (χ1v) is 8.75. The Hall–Kier alpha value is -2.67. The van der Waals surface area contributed by atoms with Gasteiger partial charge in [0.25, 0.3) is 0 Å². The summed E-state index contributed by atoms with van der Waals surface area (Å²) in [5.74, 6) is 0.860. The van der Waals surface area contributed by atoms with Gasteiger partial charge in [0.15, 0.2) is 12.8 Å². The molecule has 0 atom stereocenters. The highest BCUT2D eigenvalue weighted by Crippen LogP contribution is 2.29. The summed E-state index contributed by atoms with van der Waals surface area (Å²) in [6.07, 6.45) is 0.587. The maximum absolute atomic E-state index is 13.8. The van der Waals surface area contributed by atoms with E-state index in [0.717, 1.165) is 16.7 Å². The first-order chi connectivity index (χ1) is 13.1. The van der Waals surface area contributed by atoms with E-state index in [-0.39, 0.29) is 18.4 Å². The molecule has 0 aliphatic carbocycles. The van der Waals surface area contributed by atoms with Crippen LogP contribution in [0.4, 0.5) is 8.78 Å². The van der Waals surface area contributed by atoms with Crippen LogP contribution in [0, 0.1) is 11.6 Å². The molecule has 0 radical (unpaired) electrons. The molecule has 0 unspecified atom stereocenters. The Bertz CT molecular complexity index is 810. The van der Waals surface area contributed by atoms with E-state index < -0.39 is 0 Å². The van der Waals surface area contributed by atoms with Crippen molar-refractivity contribution in [1.82, 2.24) is 10.2 Å². The molecule has 1 aliphatic rings. The largest absolute Gasteiger partial charge is 0.467 e. The first kappa shape index (κ1) is 19.1. The molecule has 1 heterocycles. The zero-order valence-electron chi connectivity index (χ0n) is 15.5. The van der Waals surface area contributed by atoms with E-state index in [0.29, 0.717) is 37.8 Å². The van der Waals surface area contributed by atoms with E-state index in [2.05, 4.69) is 10.3 Å². The fourth-order valence-electron chi connectivity index (χ4n) is 3.07. The van der Waals surface area contributed by atoms with Gasteiger partial charge in [-0.2, -0.15) is 0 Å². The second-order valence-electron chi connectivity index (χ2n) is 6.37. The molecule has 3 rings (SSSR count). The molecule has 7 heteroatoms. The Morgan fingerprint density at radius 3 is 2.70 bits per heavy atom. The van der Waals surface area contributed by atoms with Crippen molar-refractivity contribution in [2.75, 3.05) is 27.4 Å². The minimum atomic E-state index is -0.296. The van der Waals surface area contributed by atoms with Gasteiger partial charge in [0, 0.05) is 32.7 Å². The smallest absolute Gasteiger partial charge is 0.193 e. The Labute approximate surface area is 157 Å². The normalized spacial score (nSPS) is 13.7. The summed E-state index contributed by atoms with van der Waals surface area (Å²) in [7, 11) is 3.61. The van der Waals surface area contributed by atoms with E-state index in [9.17, 15) is 8.78 Å². The summed E-state index contributed by atoms with van der Waals surface area (Å²) in [5, 5.41) is 3.27. The van der Waals surface area contributed by atoms with Crippen molar-refractivity contribution in [3.63, 3.8) is 0 Å². The number of nitrogens with one attached hydrogen (secondary N) is 1. The van der Waals surface area contributed by atoms with Crippen LogP contribution >= 0.6 is 0 Å². The Morgan fingerprint density at radius 1 is 1.19 bits per heavy atom. The lowest BCUT2D eigenvalue weighted by Gasteiger charge is -2.23. The average molecular weight is 375 g/mol. The van der Waals surface area contributed by atoms with E-state index in [1.807, 2.05) is 11.9 Å². The van der Waals surface area contributed by atoms with E-state index in [1.54, 1.807) is 19.2 Å². The molecule has 0 spiro atoms. The van der Waals surface area contributed by atoms with Crippen LogP contribution in [0.5, 0.6) is 5.75 Å². The molecule has 0 bridgehead atoms. The topological polar surface area (TPSA) is 46.1 Å². The highest BCUT2D eigenvalue weighted by Gasteiger charge is 2.17. The highest BCUT2D eigenvalue weighted by molar-refractivity contribution is 5.79. The fourth-order valence-corrected chi connectivity index (χ4v) is 3.07. The quantitative estimate of drug-likeness (QED) is 0.645. The molecule has 2 aromatic rings. The second-order valence-corrected chi connectivity index (χ2v) is 6.37. The molecule has 2 aromatic carbocycles. The predicted molar refractivity (Wildman–Crippen MR) is 99.6 cm³/mol. The molecule has 27 heavy (non-hydrogen) atoms. The summed E-state index contributed by atoms with van der Waals surface area (Å²) in [4.78, 5) is 6.21. The van der Waals surface area contributed by atoms with E-state index in [1.165, 1.54) is 24.3 Å². The van der Waals surface area contributed by atoms with Crippen LogP contribution in [0.1, 0.15) is 16.7 Å². The average Bonchev–Trinajstić information content (AvgIpc) is 2.66. The Morgan fingerprint density at radius 2 is 1.96 bits per heavy atom. The number of ether oxygens (including phenoxy) is 2. The summed E-state index contributed by atoms with van der Waals surface area (Å²) < 4.78 is 37.6. The number of guanidine groups is 1. The predicted octanol–water partition coefficient (Wildman–Crippen LogP) is 3.08. The van der Waals surface area contributed by atoms with Crippen molar-refractivity contribution in [2.45, 2.75) is 19.6 Å². The number of hydrogen-bond acceptors (Lipinski definition) is 3. The molecule has 5 nitrogen and oxygen atoms in total. The number of hydrogen-bond donors (Lipinski definition) is 1. The first-order valence-electron chi connectivity index (χ1n) is 8.75. The summed E-state index contributed by atoms with van der Waals surface area (Å²) in [6.45, 7) is 1.70. The Kier molecular flexibility index (Phi) is 6.24. The molecular formula is C20H23F2N3O2. The van der Waals surface area contributed by atoms with Crippen molar-refractivity contribution < 1.29 is 18.3 Å². The standard InChI is InChI=1S/C20H23F2N3O2/c1-23-20(25(2)11-14-3-5-17(21)6-4-14)24-8-7-15-9-18(22)10-16-12-26-13-27-19(15)16/h3-6,9-10H,7-8,11-13H2,1-2H3,(H,23,24). The number of aliphatic imine (C=N–C) groups is 1. The lowest BCUT2D eigenvalue weighted by molar-refractivity contribution is -0.0172. The van der Waals surface area contributed by atoms with Gasteiger partial charge in [-0.05, 0) is 41.8 Å². The lowest BCUT2D eigenvalue weighted by atomic mass is 10.1. The summed E-state index contributed by atoms with van der Waals surface area (Å²) in [6, 6.07) is 9.32. The maximum atomic E-state index is 13.8. The van der Waals surface area contributed by atoms with Crippen molar-refractivity contribution >= 4 is 5.96 Å². The highest BCUT2D eigenvalue weighted by atomic mass is 19.1. The minimum absolute atomic E-state index is 0.182. The maximum Gasteiger partial charge on any atom is 0.193 e. The van der Waals surface area contributed by atoms with Crippen LogP contribution in [0.15, 0.2) is 41.4 Å². The van der Waals surface area contributed by atoms with Crippen molar-refractivity contribution in [3.8, 4) is 5.75 Å². The lowest BCUT2D eigenvalue weighted by Crippen LogP contribution is -2.39. The molecule has 144 valence electrons. The van der Waals surface area contributed by atoms with Crippen LogP contribution in [0.2, 0.25) is 0 Å². The van der Waals surface area contributed by atoms with Gasteiger partial charge in [-0.1, -0.05) is 12.1 Å². The van der Waals surface area contributed by atoms with Gasteiger partial charge in [0.2, 0.25) is 0 Å². The number of fused-ring (bicyclic) bond motifs is 1. The van der Waals surface area contributed by atoms with Gasteiger partial charge in [0.05, 0.1) is 6.61 Å². The van der Waals surface area contributed by atoms with Crippen LogP contribution in [0.3, 0.4) is 0 Å². The summed E-state index contributed by atoms with van der Waals surface area (Å²) in [5.41, 5.74) is 2.51. The fraction of sp³-hybridized carbons (Fsp3) is 0.350. The SMILES string of the molecule is CN=C(NCCc1cc(F)cc2c1OCOC2)N(C)Cc1ccc(F)cc1. The number of rotatable bonds is 5. The number of halogens is 2. The van der Waals surface area contributed by atoms with Gasteiger partial charge < -0.3 is 19.7 Å². The molecule has 0 aromatic heterocycles. The van der Waals surface area contributed by atoms with Crippen LogP contribution in [-0.2, 0) is 24.3 Å². The third-order valence-corrected chi connectivity index (χ3v) is 4.34. The van der Waals surface area contributed by atoms with Gasteiger partial charge in [0.1, 0.15) is 17.4 Å². The molecule has 0 fully saturated rings. The van der Waals surface area contributed by atoms with Crippen molar-refractivity contribution in [3.05, 3.63) is 64.7 Å². The van der Waals surface area contributed by atoms with E-state index in [4.69, 9.17) is 9.47 Å². The molecule has 1 aliphatic heterocycles. The third-order valence-electron chi connectivity index (χ3n) is 4.34. The van der Waals surface area contributed by atoms with Crippen LogP contribution in [-0.4, -0.2) is 38.3 Å². The number of benzene rings is 2. The number of nitrogens with zero attached hydrogens (tertiary/aromatic N) is 2. The van der Waals surface area contributed by atoms with Crippen molar-refractivity contribution in [2.24, 2.45) is 4.99 Å². The minimum Gasteiger partial charge on any atom is -0.467 e. The van der Waals surface area contributed by atoms with Gasteiger partial charge >= 0.3 is 0 Å². The third kappa shape index (κ3) is 4.95. The molecule has 0 amide bonds. The second kappa shape index (κ2) is 8.81. The van der Waals surface area contributed by atoms with Crippen LogP contribution < -0.4 is 10.1 Å². The molecule has 1 N–H and O–H groups in total. The van der Waals surface area contributed by atoms with Crippen LogP contribution in [0.25, 0.3) is 0 Å². The molecule has 0 saturated heterocycles. The Balaban J connectivity index is 1.58. The van der Waals surface area contributed by atoms with E-state index >= 15 is 0 Å². The van der Waals surface area contributed by atoms with Gasteiger partial charge in [-0.15, -0.1) is 0 Å². The molecular weight excluding hydrogens is 352 g/mol.